The molecular weight excluding hydrogens is 349 g/mol. The van der Waals surface area contributed by atoms with Crippen molar-refractivity contribution in [2.45, 2.75) is 0 Å². The van der Waals surface area contributed by atoms with Gasteiger partial charge in [0.2, 0.25) is 0 Å². The molecule has 0 atom stereocenters. The summed E-state index contributed by atoms with van der Waals surface area (Å²) in [5.41, 5.74) is 1.50. The zero-order valence-electron chi connectivity index (χ0n) is 13.0. The van der Waals surface area contributed by atoms with Crippen LogP contribution in [0.1, 0.15) is 20.7 Å². The van der Waals surface area contributed by atoms with Gasteiger partial charge in [0.25, 0.3) is 23.4 Å². The van der Waals surface area contributed by atoms with E-state index < -0.39 is 35.1 Å². The first kappa shape index (κ1) is 17.0. The molecule has 0 unspecified atom stereocenters. The normalized spacial score (nSPS) is 12.7. The van der Waals surface area contributed by atoms with Gasteiger partial charge < -0.3 is 4.74 Å². The van der Waals surface area contributed by atoms with Gasteiger partial charge in [-0.3, -0.25) is 29.9 Å². The molecule has 2 aromatic carbocycles. The summed E-state index contributed by atoms with van der Waals surface area (Å²) in [4.78, 5) is 46.4. The van der Waals surface area contributed by atoms with Gasteiger partial charge in [-0.2, -0.15) is 5.01 Å². The molecule has 26 heavy (non-hydrogen) atoms. The smallest absolute Gasteiger partial charge is 0.280 e. The first-order chi connectivity index (χ1) is 12.4. The largest absolute Gasteiger partial charge is 0.484 e. The molecule has 10 heteroatoms. The van der Waals surface area contributed by atoms with Crippen molar-refractivity contribution in [1.29, 1.82) is 0 Å². The van der Waals surface area contributed by atoms with Crippen LogP contribution in [0.15, 0.2) is 42.5 Å². The maximum atomic E-state index is 12.8. The van der Waals surface area contributed by atoms with E-state index in [2.05, 4.69) is 5.43 Å². The number of benzene rings is 2. The fourth-order valence-corrected chi connectivity index (χ4v) is 2.28. The van der Waals surface area contributed by atoms with Gasteiger partial charge in [-0.1, -0.05) is 0 Å². The van der Waals surface area contributed by atoms with Crippen LogP contribution in [0, 0.1) is 15.9 Å². The maximum Gasteiger partial charge on any atom is 0.280 e. The fraction of sp³-hybridized carbons (Fsp3) is 0.0625. The molecule has 1 aliphatic rings. The Bertz CT molecular complexity index is 928. The summed E-state index contributed by atoms with van der Waals surface area (Å²) >= 11 is 0. The quantitative estimate of drug-likeness (QED) is 0.490. The van der Waals surface area contributed by atoms with Crippen LogP contribution in [0.3, 0.4) is 0 Å². The Morgan fingerprint density at radius 2 is 1.77 bits per heavy atom. The molecule has 0 saturated heterocycles. The Balaban J connectivity index is 1.67. The second-order valence-corrected chi connectivity index (χ2v) is 5.21. The number of fused-ring (bicyclic) bond motifs is 1. The number of halogens is 1. The van der Waals surface area contributed by atoms with Crippen molar-refractivity contribution in [3.8, 4) is 5.75 Å². The minimum Gasteiger partial charge on any atom is -0.484 e. The lowest BCUT2D eigenvalue weighted by molar-refractivity contribution is -0.384. The van der Waals surface area contributed by atoms with Crippen LogP contribution in [0.5, 0.6) is 5.75 Å². The zero-order chi connectivity index (χ0) is 18.8. The molecule has 132 valence electrons. The summed E-state index contributed by atoms with van der Waals surface area (Å²) in [6, 6.07) is 8.11. The van der Waals surface area contributed by atoms with Gasteiger partial charge >= 0.3 is 0 Å². The van der Waals surface area contributed by atoms with E-state index in [1.807, 2.05) is 0 Å². The summed E-state index contributed by atoms with van der Waals surface area (Å²) in [5.74, 6) is -2.75. The molecule has 1 aliphatic heterocycles. The van der Waals surface area contributed by atoms with Crippen LogP contribution in [0.2, 0.25) is 0 Å². The van der Waals surface area contributed by atoms with Crippen molar-refractivity contribution >= 4 is 23.4 Å². The monoisotopic (exact) mass is 359 g/mol. The Morgan fingerprint density at radius 1 is 1.12 bits per heavy atom. The fourth-order valence-electron chi connectivity index (χ4n) is 2.28. The minimum atomic E-state index is -0.885. The Labute approximate surface area is 145 Å². The SMILES string of the molecule is O=C(COc1ccc(F)cc1)NN1C(=O)c2ccc([N+](=O)[O-])cc2C1=O. The summed E-state index contributed by atoms with van der Waals surface area (Å²) in [6.07, 6.45) is 0. The highest BCUT2D eigenvalue weighted by Gasteiger charge is 2.38. The number of ether oxygens (including phenoxy) is 1. The van der Waals surface area contributed by atoms with Crippen LogP contribution in [0.25, 0.3) is 0 Å². The van der Waals surface area contributed by atoms with Crippen molar-refractivity contribution in [3.05, 3.63) is 69.5 Å². The average molecular weight is 359 g/mol. The molecule has 0 saturated carbocycles. The number of hydrazine groups is 1. The molecule has 2 aromatic rings. The summed E-state index contributed by atoms with van der Waals surface area (Å²) in [5, 5.41) is 11.2. The van der Waals surface area contributed by atoms with E-state index in [9.17, 15) is 28.9 Å². The Kier molecular flexibility index (Phi) is 4.31. The number of hydrogen-bond acceptors (Lipinski definition) is 6. The number of nitrogens with zero attached hydrogens (tertiary/aromatic N) is 2. The van der Waals surface area contributed by atoms with Crippen LogP contribution < -0.4 is 10.2 Å². The lowest BCUT2D eigenvalue weighted by atomic mass is 10.1. The summed E-state index contributed by atoms with van der Waals surface area (Å²) < 4.78 is 17.9. The number of nitro groups is 1. The standard InChI is InChI=1S/C16H10FN3O6/c17-9-1-4-11(5-2-9)26-8-14(21)18-19-15(22)12-6-3-10(20(24)25)7-13(12)16(19)23/h1-7H,8H2,(H,18,21). The lowest BCUT2D eigenvalue weighted by Crippen LogP contribution is -2.47. The Morgan fingerprint density at radius 3 is 2.42 bits per heavy atom. The van der Waals surface area contributed by atoms with E-state index in [0.717, 1.165) is 30.3 Å². The number of carbonyl (C=O) groups excluding carboxylic acids is 3. The van der Waals surface area contributed by atoms with E-state index in [4.69, 9.17) is 4.74 Å². The number of hydrogen-bond donors (Lipinski definition) is 1. The van der Waals surface area contributed by atoms with Gasteiger partial charge in [-0.05, 0) is 30.3 Å². The van der Waals surface area contributed by atoms with Crippen molar-refractivity contribution in [2.24, 2.45) is 0 Å². The van der Waals surface area contributed by atoms with Crippen LogP contribution in [-0.4, -0.2) is 34.3 Å². The minimum absolute atomic E-state index is 0.0552. The number of amides is 3. The molecule has 1 N–H and O–H groups in total. The van der Waals surface area contributed by atoms with Crippen molar-refractivity contribution in [1.82, 2.24) is 10.4 Å². The van der Waals surface area contributed by atoms with Gasteiger partial charge in [-0.15, -0.1) is 0 Å². The lowest BCUT2D eigenvalue weighted by Gasteiger charge is -2.15. The topological polar surface area (TPSA) is 119 Å². The highest BCUT2D eigenvalue weighted by atomic mass is 19.1. The van der Waals surface area contributed by atoms with Gasteiger partial charge in [0.05, 0.1) is 16.1 Å². The third-order valence-electron chi connectivity index (χ3n) is 3.50. The molecule has 3 rings (SSSR count). The first-order valence-electron chi connectivity index (χ1n) is 7.22. The molecule has 0 spiro atoms. The molecule has 0 aliphatic carbocycles. The van der Waals surface area contributed by atoms with E-state index >= 15 is 0 Å². The number of carbonyl (C=O) groups is 3. The van der Waals surface area contributed by atoms with Gasteiger partial charge in [-0.25, -0.2) is 4.39 Å². The van der Waals surface area contributed by atoms with Gasteiger partial charge in [0, 0.05) is 12.1 Å². The second-order valence-electron chi connectivity index (χ2n) is 5.21. The average Bonchev–Trinajstić information content (AvgIpc) is 2.85. The van der Waals surface area contributed by atoms with Crippen molar-refractivity contribution < 1.29 is 28.4 Å². The maximum absolute atomic E-state index is 12.8. The third-order valence-corrected chi connectivity index (χ3v) is 3.50. The molecule has 0 aromatic heterocycles. The molecule has 0 fully saturated rings. The van der Waals surface area contributed by atoms with Gasteiger partial charge in [0.15, 0.2) is 6.61 Å². The van der Waals surface area contributed by atoms with Crippen molar-refractivity contribution in [2.75, 3.05) is 6.61 Å². The summed E-state index contributed by atoms with van der Waals surface area (Å²) in [7, 11) is 0. The number of non-ortho nitro benzene ring substituents is 1. The molecular formula is C16H10FN3O6. The Hall–Kier alpha value is -3.82. The van der Waals surface area contributed by atoms with Crippen molar-refractivity contribution in [3.63, 3.8) is 0 Å². The highest BCUT2D eigenvalue weighted by Crippen LogP contribution is 2.25. The number of nitrogens with one attached hydrogen (secondary N) is 1. The number of rotatable bonds is 5. The molecule has 3 amide bonds. The van der Waals surface area contributed by atoms with Crippen LogP contribution in [-0.2, 0) is 4.79 Å². The molecule has 0 bridgehead atoms. The molecule has 9 nitrogen and oxygen atoms in total. The third kappa shape index (κ3) is 3.20. The summed E-state index contributed by atoms with van der Waals surface area (Å²) in [6.45, 7) is -0.529. The van der Waals surface area contributed by atoms with Crippen LogP contribution >= 0.6 is 0 Å². The van der Waals surface area contributed by atoms with E-state index in [-0.39, 0.29) is 22.6 Å². The molecule has 1 heterocycles. The second kappa shape index (κ2) is 6.59. The first-order valence-corrected chi connectivity index (χ1v) is 7.22. The number of imide groups is 1. The van der Waals surface area contributed by atoms with E-state index in [0.29, 0.717) is 5.01 Å². The zero-order valence-corrected chi connectivity index (χ0v) is 13.0. The number of nitro benzene ring substituents is 1. The molecule has 0 radical (unpaired) electrons. The van der Waals surface area contributed by atoms with Crippen LogP contribution in [0.4, 0.5) is 10.1 Å². The predicted molar refractivity (Wildman–Crippen MR) is 83.6 cm³/mol. The van der Waals surface area contributed by atoms with E-state index in [1.165, 1.54) is 12.1 Å². The van der Waals surface area contributed by atoms with Gasteiger partial charge in [0.1, 0.15) is 11.6 Å². The predicted octanol–water partition coefficient (Wildman–Crippen LogP) is 1.44. The van der Waals surface area contributed by atoms with E-state index in [1.54, 1.807) is 0 Å². The highest BCUT2D eigenvalue weighted by molar-refractivity contribution is 6.22.